The first-order chi connectivity index (χ1) is 4.88. The Morgan fingerprint density at radius 2 is 2.50 bits per heavy atom. The van der Waals surface area contributed by atoms with E-state index in [-0.39, 0.29) is 0 Å². The molecule has 1 atom stereocenters. The van der Waals surface area contributed by atoms with Gasteiger partial charge in [-0.1, -0.05) is 15.9 Å². The van der Waals surface area contributed by atoms with Crippen LogP contribution >= 0.6 is 15.9 Å². The van der Waals surface area contributed by atoms with Crippen LogP contribution in [0.2, 0.25) is 0 Å². The van der Waals surface area contributed by atoms with Gasteiger partial charge in [0.15, 0.2) is 0 Å². The molecule has 3 heteroatoms. The maximum absolute atomic E-state index is 5.11. The number of pyridine rings is 1. The molecule has 1 fully saturated rings. The third kappa shape index (κ3) is 1.07. The van der Waals surface area contributed by atoms with Crippen molar-refractivity contribution in [3.8, 4) is 0 Å². The number of nitrogens with zero attached hydrogens (tertiary/aromatic N) is 1. The fraction of sp³-hybridized carbons (Fsp3) is 0.286. The predicted molar refractivity (Wildman–Crippen MR) is 40.6 cm³/mol. The van der Waals surface area contributed by atoms with Gasteiger partial charge in [-0.3, -0.25) is 4.98 Å². The van der Waals surface area contributed by atoms with Gasteiger partial charge in [-0.05, 0) is 6.07 Å². The van der Waals surface area contributed by atoms with E-state index >= 15 is 0 Å². The first kappa shape index (κ1) is 6.31. The molecule has 0 bridgehead atoms. The highest BCUT2D eigenvalue weighted by atomic mass is 79.9. The second-order valence-corrected chi connectivity index (χ2v) is 3.07. The van der Waals surface area contributed by atoms with Crippen molar-refractivity contribution in [2.75, 3.05) is 6.61 Å². The molecule has 0 unspecified atom stereocenters. The minimum absolute atomic E-state index is 0.295. The van der Waals surface area contributed by atoms with E-state index in [9.17, 15) is 0 Å². The molecule has 0 N–H and O–H groups in total. The molecule has 0 aliphatic carbocycles. The van der Waals surface area contributed by atoms with Gasteiger partial charge in [-0.25, -0.2) is 0 Å². The summed E-state index contributed by atoms with van der Waals surface area (Å²) >= 11 is 3.42. The lowest BCUT2D eigenvalue weighted by Crippen LogP contribution is -1.83. The molecule has 10 heavy (non-hydrogen) atoms. The van der Waals surface area contributed by atoms with Gasteiger partial charge in [0.25, 0.3) is 0 Å². The molecular formula is C7H6BrNO. The summed E-state index contributed by atoms with van der Waals surface area (Å²) in [7, 11) is 0. The van der Waals surface area contributed by atoms with Crippen LogP contribution in [-0.2, 0) is 4.74 Å². The van der Waals surface area contributed by atoms with E-state index in [2.05, 4.69) is 20.9 Å². The van der Waals surface area contributed by atoms with Crippen LogP contribution in [0.3, 0.4) is 0 Å². The van der Waals surface area contributed by atoms with E-state index < -0.39 is 0 Å². The van der Waals surface area contributed by atoms with E-state index in [0.29, 0.717) is 6.10 Å². The zero-order chi connectivity index (χ0) is 6.97. The van der Waals surface area contributed by atoms with Crippen LogP contribution in [0.4, 0.5) is 0 Å². The Morgan fingerprint density at radius 3 is 3.10 bits per heavy atom. The van der Waals surface area contributed by atoms with Crippen LogP contribution in [0.25, 0.3) is 0 Å². The van der Waals surface area contributed by atoms with Crippen molar-refractivity contribution in [2.45, 2.75) is 6.10 Å². The van der Waals surface area contributed by atoms with Gasteiger partial charge in [0.2, 0.25) is 0 Å². The zero-order valence-corrected chi connectivity index (χ0v) is 6.84. The smallest absolute Gasteiger partial charge is 0.109 e. The van der Waals surface area contributed by atoms with Crippen molar-refractivity contribution in [2.24, 2.45) is 0 Å². The maximum Gasteiger partial charge on any atom is 0.109 e. The Morgan fingerprint density at radius 1 is 1.70 bits per heavy atom. The normalized spacial score (nSPS) is 22.7. The van der Waals surface area contributed by atoms with Gasteiger partial charge in [-0.15, -0.1) is 0 Å². The van der Waals surface area contributed by atoms with Crippen LogP contribution in [0, 0.1) is 0 Å². The lowest BCUT2D eigenvalue weighted by atomic mass is 10.2. The van der Waals surface area contributed by atoms with E-state index in [0.717, 1.165) is 16.6 Å². The van der Waals surface area contributed by atoms with Gasteiger partial charge in [-0.2, -0.15) is 0 Å². The van der Waals surface area contributed by atoms with E-state index in [1.807, 2.05) is 12.3 Å². The molecule has 0 saturated carbocycles. The Labute approximate surface area is 67.4 Å². The SMILES string of the molecule is Brc1ccncc1[C@@H]1CO1. The highest BCUT2D eigenvalue weighted by molar-refractivity contribution is 9.10. The van der Waals surface area contributed by atoms with Gasteiger partial charge in [0, 0.05) is 22.4 Å². The highest BCUT2D eigenvalue weighted by Gasteiger charge is 2.26. The second kappa shape index (κ2) is 2.32. The fourth-order valence-electron chi connectivity index (χ4n) is 0.854. The van der Waals surface area contributed by atoms with Gasteiger partial charge < -0.3 is 4.74 Å². The highest BCUT2D eigenvalue weighted by Crippen LogP contribution is 2.33. The summed E-state index contributed by atoms with van der Waals surface area (Å²) in [5.41, 5.74) is 1.16. The van der Waals surface area contributed by atoms with Crippen molar-refractivity contribution < 1.29 is 4.74 Å². The number of hydrogen-bond acceptors (Lipinski definition) is 2. The molecule has 1 aromatic heterocycles. The third-order valence-corrected chi connectivity index (χ3v) is 2.20. The molecule has 52 valence electrons. The van der Waals surface area contributed by atoms with E-state index in [1.165, 1.54) is 0 Å². The number of halogens is 1. The monoisotopic (exact) mass is 199 g/mol. The Balaban J connectivity index is 2.39. The number of aromatic nitrogens is 1. The Kier molecular flexibility index (Phi) is 1.47. The van der Waals surface area contributed by atoms with Crippen LogP contribution in [0.5, 0.6) is 0 Å². The first-order valence-electron chi connectivity index (χ1n) is 3.09. The third-order valence-electron chi connectivity index (χ3n) is 1.48. The standard InChI is InChI=1S/C7H6BrNO/c8-6-1-2-9-3-5(6)7-4-10-7/h1-3,7H,4H2/t7-/m0/s1. The summed E-state index contributed by atoms with van der Waals surface area (Å²) in [5.74, 6) is 0. The summed E-state index contributed by atoms with van der Waals surface area (Å²) in [6, 6.07) is 1.93. The van der Waals surface area contributed by atoms with Crippen molar-refractivity contribution >= 4 is 15.9 Å². The average molecular weight is 200 g/mol. The fourth-order valence-corrected chi connectivity index (χ4v) is 1.33. The van der Waals surface area contributed by atoms with Crippen LogP contribution in [0.1, 0.15) is 11.7 Å². The minimum Gasteiger partial charge on any atom is -0.368 e. The number of rotatable bonds is 1. The van der Waals surface area contributed by atoms with Crippen LogP contribution in [0.15, 0.2) is 22.9 Å². The van der Waals surface area contributed by atoms with Crippen molar-refractivity contribution in [3.63, 3.8) is 0 Å². The molecule has 1 aliphatic rings. The molecule has 1 saturated heterocycles. The second-order valence-electron chi connectivity index (χ2n) is 2.22. The molecule has 0 spiro atoms. The molecular weight excluding hydrogens is 194 g/mol. The molecule has 2 rings (SSSR count). The molecule has 0 aromatic carbocycles. The van der Waals surface area contributed by atoms with E-state index in [4.69, 9.17) is 4.74 Å². The van der Waals surface area contributed by atoms with Crippen molar-refractivity contribution in [1.82, 2.24) is 4.98 Å². The number of hydrogen-bond donors (Lipinski definition) is 0. The van der Waals surface area contributed by atoms with Crippen molar-refractivity contribution in [1.29, 1.82) is 0 Å². The molecule has 2 nitrogen and oxygen atoms in total. The first-order valence-corrected chi connectivity index (χ1v) is 3.88. The summed E-state index contributed by atoms with van der Waals surface area (Å²) in [5, 5.41) is 0. The summed E-state index contributed by atoms with van der Waals surface area (Å²) in [6.07, 6.45) is 3.89. The molecule has 2 heterocycles. The summed E-state index contributed by atoms with van der Waals surface area (Å²) < 4.78 is 6.19. The average Bonchev–Trinajstić information content (AvgIpc) is 2.71. The van der Waals surface area contributed by atoms with Gasteiger partial charge in [0.05, 0.1) is 6.61 Å². The number of ether oxygens (including phenoxy) is 1. The Hall–Kier alpha value is -0.410. The summed E-state index contributed by atoms with van der Waals surface area (Å²) in [4.78, 5) is 4.00. The lowest BCUT2D eigenvalue weighted by molar-refractivity contribution is 0.414. The predicted octanol–water partition coefficient (Wildman–Crippen LogP) is 1.92. The molecule has 0 amide bonds. The quantitative estimate of drug-likeness (QED) is 0.647. The zero-order valence-electron chi connectivity index (χ0n) is 5.25. The van der Waals surface area contributed by atoms with Crippen LogP contribution < -0.4 is 0 Å². The Bertz CT molecular complexity index is 247. The molecule has 0 radical (unpaired) electrons. The molecule has 1 aromatic rings. The van der Waals surface area contributed by atoms with Crippen LogP contribution in [-0.4, -0.2) is 11.6 Å². The largest absolute Gasteiger partial charge is 0.368 e. The number of epoxide rings is 1. The van der Waals surface area contributed by atoms with Crippen molar-refractivity contribution in [3.05, 3.63) is 28.5 Å². The topological polar surface area (TPSA) is 25.4 Å². The van der Waals surface area contributed by atoms with E-state index in [1.54, 1.807) is 6.20 Å². The minimum atomic E-state index is 0.295. The molecule has 1 aliphatic heterocycles. The lowest BCUT2D eigenvalue weighted by Gasteiger charge is -1.95. The summed E-state index contributed by atoms with van der Waals surface area (Å²) in [6.45, 7) is 0.838. The maximum atomic E-state index is 5.11. The van der Waals surface area contributed by atoms with Gasteiger partial charge in [0.1, 0.15) is 6.10 Å². The van der Waals surface area contributed by atoms with Gasteiger partial charge >= 0.3 is 0 Å².